The van der Waals surface area contributed by atoms with Gasteiger partial charge in [-0.25, -0.2) is 5.21 Å². The molecule has 2 aliphatic rings. The van der Waals surface area contributed by atoms with Crippen molar-refractivity contribution in [2.75, 3.05) is 20.2 Å². The average Bonchev–Trinajstić information content (AvgIpc) is 3.29. The highest BCUT2D eigenvalue weighted by Crippen LogP contribution is 2.36. The Morgan fingerprint density at radius 2 is 2.00 bits per heavy atom. The van der Waals surface area contributed by atoms with Crippen LogP contribution in [0.4, 0.5) is 5.69 Å². The van der Waals surface area contributed by atoms with Gasteiger partial charge in [-0.2, -0.15) is 10.3 Å². The van der Waals surface area contributed by atoms with Gasteiger partial charge < -0.3 is 19.4 Å². The molecule has 0 saturated carbocycles. The third kappa shape index (κ3) is 3.38. The molecule has 32 heavy (non-hydrogen) atoms. The van der Waals surface area contributed by atoms with Gasteiger partial charge in [0.25, 0.3) is 5.91 Å². The molecule has 4 heterocycles. The maximum absolute atomic E-state index is 13.4. The summed E-state index contributed by atoms with van der Waals surface area (Å²) in [5.41, 5.74) is 2.08. The second kappa shape index (κ2) is 7.90. The number of piperidine rings is 1. The number of methoxy groups -OCH3 is 1. The number of carbonyl (C=O) groups excluding carboxylic acids is 1. The summed E-state index contributed by atoms with van der Waals surface area (Å²) in [6.45, 7) is 1.38. The van der Waals surface area contributed by atoms with E-state index in [2.05, 4.69) is 10.2 Å². The van der Waals surface area contributed by atoms with Gasteiger partial charge >= 0.3 is 5.56 Å². The minimum Gasteiger partial charge on any atom is -0.595 e. The molecule has 5 rings (SSSR count). The molecule has 10 nitrogen and oxygen atoms in total. The topological polar surface area (TPSA) is 128 Å². The van der Waals surface area contributed by atoms with Gasteiger partial charge in [0, 0.05) is 42.9 Å². The molecule has 3 atom stereocenters. The number of aromatic amines is 1. The van der Waals surface area contributed by atoms with Gasteiger partial charge in [-0.15, -0.1) is 0 Å². The van der Waals surface area contributed by atoms with Crippen molar-refractivity contribution in [3.63, 3.8) is 0 Å². The summed E-state index contributed by atoms with van der Waals surface area (Å²) in [7, 11) is 1.60. The Kier molecular flexibility index (Phi) is 5.04. The minimum absolute atomic E-state index is 0.0154. The van der Waals surface area contributed by atoms with E-state index in [1.54, 1.807) is 23.9 Å². The van der Waals surface area contributed by atoms with E-state index in [0.29, 0.717) is 30.9 Å². The van der Waals surface area contributed by atoms with Crippen molar-refractivity contribution in [1.29, 1.82) is 0 Å². The molecule has 3 aromatic rings. The molecule has 2 aromatic heterocycles. The third-order valence-corrected chi connectivity index (χ3v) is 6.37. The van der Waals surface area contributed by atoms with E-state index < -0.39 is 10.8 Å². The first-order valence-corrected chi connectivity index (χ1v) is 10.4. The van der Waals surface area contributed by atoms with Crippen molar-refractivity contribution >= 4 is 11.6 Å². The fourth-order valence-electron chi connectivity index (χ4n) is 4.87. The number of carbonyl (C=O) groups is 1. The lowest BCUT2D eigenvalue weighted by Crippen LogP contribution is -3.00. The fourth-order valence-corrected chi connectivity index (χ4v) is 4.87. The maximum atomic E-state index is 13.4. The molecular formula is C22H23N5O5. The summed E-state index contributed by atoms with van der Waals surface area (Å²) in [4.78, 5) is 27.9. The number of hydrogen-bond acceptors (Lipinski definition) is 6. The van der Waals surface area contributed by atoms with Crippen LogP contribution in [-0.2, 0) is 6.54 Å². The van der Waals surface area contributed by atoms with Gasteiger partial charge in [0.15, 0.2) is 0 Å². The number of nitrogens with zero attached hydrogens (tertiary/aromatic N) is 3. The van der Waals surface area contributed by atoms with Gasteiger partial charge in [0.1, 0.15) is 5.75 Å². The highest BCUT2D eigenvalue weighted by Gasteiger charge is 2.38. The Labute approximate surface area is 183 Å². The first-order chi connectivity index (χ1) is 15.5. The molecule has 1 fully saturated rings. The SMILES string of the molecule is COc1ccc(-c2[nH]ncc2C(=O)N2CC3C[C@@H](C2)Cn2c3ccc([NH+]([O-])O)c2=O)cc1. The molecule has 2 unspecified atom stereocenters. The summed E-state index contributed by atoms with van der Waals surface area (Å²) in [5, 5.41) is 26.4. The van der Waals surface area contributed by atoms with Crippen LogP contribution < -0.4 is 15.5 Å². The lowest BCUT2D eigenvalue weighted by atomic mass is 9.83. The highest BCUT2D eigenvalue weighted by molar-refractivity contribution is 5.99. The van der Waals surface area contributed by atoms with Crippen LogP contribution >= 0.6 is 0 Å². The summed E-state index contributed by atoms with van der Waals surface area (Å²) in [5.74, 6) is 0.684. The smallest absolute Gasteiger partial charge is 0.315 e. The van der Waals surface area contributed by atoms with Crippen molar-refractivity contribution in [3.8, 4) is 17.0 Å². The van der Waals surface area contributed by atoms with E-state index in [0.717, 1.165) is 23.4 Å². The lowest BCUT2D eigenvalue weighted by molar-refractivity contribution is -0.992. The fraction of sp³-hybridized carbons (Fsp3) is 0.318. The zero-order chi connectivity index (χ0) is 22.4. The summed E-state index contributed by atoms with van der Waals surface area (Å²) >= 11 is 0. The predicted octanol–water partition coefficient (Wildman–Crippen LogP) is 0.910. The minimum atomic E-state index is -1.22. The van der Waals surface area contributed by atoms with Gasteiger partial charge in [-0.3, -0.25) is 14.7 Å². The van der Waals surface area contributed by atoms with Gasteiger partial charge in [0.2, 0.25) is 5.69 Å². The van der Waals surface area contributed by atoms with Crippen molar-refractivity contribution in [3.05, 3.63) is 69.4 Å². The molecular weight excluding hydrogens is 414 g/mol. The predicted molar refractivity (Wildman–Crippen MR) is 114 cm³/mol. The molecule has 0 aliphatic carbocycles. The molecule has 2 bridgehead atoms. The van der Waals surface area contributed by atoms with Crippen LogP contribution in [-0.4, -0.2) is 51.0 Å². The van der Waals surface area contributed by atoms with Crippen molar-refractivity contribution < 1.29 is 20.0 Å². The van der Waals surface area contributed by atoms with Crippen molar-refractivity contribution in [1.82, 2.24) is 19.7 Å². The second-order valence-corrected chi connectivity index (χ2v) is 8.29. The number of amides is 1. The molecule has 0 spiro atoms. The van der Waals surface area contributed by atoms with Gasteiger partial charge in [-0.1, -0.05) is 0 Å². The Balaban J connectivity index is 1.42. The van der Waals surface area contributed by atoms with Crippen molar-refractivity contribution in [2.45, 2.75) is 18.9 Å². The number of rotatable bonds is 4. The van der Waals surface area contributed by atoms with E-state index >= 15 is 0 Å². The monoisotopic (exact) mass is 437 g/mol. The molecule has 1 amide bonds. The maximum Gasteiger partial charge on any atom is 0.315 e. The van der Waals surface area contributed by atoms with Crippen LogP contribution in [0.25, 0.3) is 11.3 Å². The van der Waals surface area contributed by atoms with E-state index in [1.165, 1.54) is 6.07 Å². The number of fused-ring (bicyclic) bond motifs is 4. The zero-order valence-electron chi connectivity index (χ0n) is 17.4. The normalized spacial score (nSPS) is 20.5. The van der Waals surface area contributed by atoms with Crippen LogP contribution in [0, 0.1) is 11.1 Å². The first-order valence-electron chi connectivity index (χ1n) is 10.4. The highest BCUT2D eigenvalue weighted by atomic mass is 16.8. The molecule has 3 N–H and O–H groups in total. The standard InChI is InChI=1S/C22H23N5O5/c1-32-16-4-2-14(3-5-16)20-17(9-23-24-20)21(28)25-10-13-8-15(12-25)18-6-7-19(27(30)31)22(29)26(18)11-13/h2-7,9,13,15,27,30H,8,10-12H2,1H3,(H,23,24)/t13-,15?/m0/s1. The van der Waals surface area contributed by atoms with Crippen LogP contribution in [0.15, 0.2) is 47.4 Å². The average molecular weight is 437 g/mol. The number of quaternary nitrogens is 1. The third-order valence-electron chi connectivity index (χ3n) is 6.37. The van der Waals surface area contributed by atoms with Crippen molar-refractivity contribution in [2.24, 2.45) is 5.92 Å². The van der Waals surface area contributed by atoms with E-state index in [-0.39, 0.29) is 23.4 Å². The molecule has 1 aromatic carbocycles. The van der Waals surface area contributed by atoms with Crippen LogP contribution in [0.2, 0.25) is 0 Å². The van der Waals surface area contributed by atoms with Crippen LogP contribution in [0.1, 0.15) is 28.4 Å². The number of pyridine rings is 1. The number of likely N-dealkylation sites (tertiary alicyclic amines) is 1. The zero-order valence-corrected chi connectivity index (χ0v) is 17.4. The molecule has 2 aliphatic heterocycles. The lowest BCUT2D eigenvalue weighted by Gasteiger charge is -2.42. The summed E-state index contributed by atoms with van der Waals surface area (Å²) < 4.78 is 6.78. The first kappa shape index (κ1) is 20.4. The Bertz CT molecular complexity index is 1220. The number of hydrogen-bond donors (Lipinski definition) is 3. The Morgan fingerprint density at radius 3 is 2.72 bits per heavy atom. The number of ether oxygens (including phenoxy) is 1. The van der Waals surface area contributed by atoms with Gasteiger partial charge in [-0.05, 0) is 42.7 Å². The summed E-state index contributed by atoms with van der Waals surface area (Å²) in [6.07, 6.45) is 2.41. The number of nitrogens with one attached hydrogen (secondary N) is 2. The Hall–Kier alpha value is -3.47. The van der Waals surface area contributed by atoms with Gasteiger partial charge in [0.05, 0.1) is 24.6 Å². The van der Waals surface area contributed by atoms with Crippen LogP contribution in [0.3, 0.4) is 0 Å². The van der Waals surface area contributed by atoms with E-state index in [9.17, 15) is 20.0 Å². The van der Waals surface area contributed by atoms with E-state index in [4.69, 9.17) is 4.74 Å². The summed E-state index contributed by atoms with van der Waals surface area (Å²) in [6, 6.07) is 10.5. The molecule has 0 radical (unpaired) electrons. The molecule has 166 valence electrons. The quantitative estimate of drug-likeness (QED) is 0.521. The number of aromatic nitrogens is 3. The molecule has 1 saturated heterocycles. The van der Waals surface area contributed by atoms with Crippen LogP contribution in [0.5, 0.6) is 5.75 Å². The van der Waals surface area contributed by atoms with E-state index in [1.807, 2.05) is 29.2 Å². The molecule has 10 heteroatoms. The number of benzene rings is 1. The largest absolute Gasteiger partial charge is 0.595 e. The second-order valence-electron chi connectivity index (χ2n) is 8.29. The number of H-pyrrole nitrogens is 1. The Morgan fingerprint density at radius 1 is 1.22 bits per heavy atom.